The lowest BCUT2D eigenvalue weighted by molar-refractivity contribution is 0.0948. The van der Waals surface area contributed by atoms with Gasteiger partial charge in [-0.25, -0.2) is 0 Å². The second-order valence-electron chi connectivity index (χ2n) is 7.35. The number of anilines is 1. The molecule has 29 heavy (non-hydrogen) atoms. The van der Waals surface area contributed by atoms with Gasteiger partial charge in [0.2, 0.25) is 0 Å². The maximum absolute atomic E-state index is 13.1. The standard InChI is InChI=1S/C23H24N2O3S/c1-15-7-5-8-16(13-15)21(26)25-23-20(18-10-3-2-4-11-19(18)29-23)22(27)24-14-17-9-6-12-28-17/h5-9,12-13H,2-4,10-11,14H2,1H3,(H,24,27)(H,25,26). The predicted octanol–water partition coefficient (Wildman–Crippen LogP) is 5.10. The van der Waals surface area contributed by atoms with Crippen LogP contribution >= 0.6 is 11.3 Å². The first-order valence-corrected chi connectivity index (χ1v) is 10.8. The van der Waals surface area contributed by atoms with Gasteiger partial charge in [-0.2, -0.15) is 0 Å². The zero-order chi connectivity index (χ0) is 20.2. The van der Waals surface area contributed by atoms with Crippen LogP contribution in [0.4, 0.5) is 5.00 Å². The molecule has 1 aromatic carbocycles. The molecule has 6 heteroatoms. The SMILES string of the molecule is Cc1cccc(C(=O)Nc2sc3c(c2C(=O)NCc2ccco2)CCCCC3)c1. The van der Waals surface area contributed by atoms with Gasteiger partial charge in [-0.15, -0.1) is 11.3 Å². The molecule has 0 unspecified atom stereocenters. The van der Waals surface area contributed by atoms with E-state index in [2.05, 4.69) is 10.6 Å². The Kier molecular flexibility index (Phi) is 5.81. The van der Waals surface area contributed by atoms with Crippen LogP contribution in [0.3, 0.4) is 0 Å². The molecule has 150 valence electrons. The van der Waals surface area contributed by atoms with Crippen molar-refractivity contribution in [3.05, 3.63) is 75.6 Å². The van der Waals surface area contributed by atoms with E-state index in [1.54, 1.807) is 18.4 Å². The van der Waals surface area contributed by atoms with Crippen LogP contribution in [0.2, 0.25) is 0 Å². The van der Waals surface area contributed by atoms with Crippen LogP contribution in [0, 0.1) is 6.92 Å². The molecule has 0 saturated heterocycles. The summed E-state index contributed by atoms with van der Waals surface area (Å²) < 4.78 is 5.32. The number of aryl methyl sites for hydroxylation is 2. The highest BCUT2D eigenvalue weighted by molar-refractivity contribution is 7.17. The highest BCUT2D eigenvalue weighted by atomic mass is 32.1. The Morgan fingerprint density at radius 1 is 1.07 bits per heavy atom. The van der Waals surface area contributed by atoms with Crippen LogP contribution in [0.1, 0.15) is 61.7 Å². The van der Waals surface area contributed by atoms with E-state index < -0.39 is 0 Å². The van der Waals surface area contributed by atoms with Gasteiger partial charge in [-0.1, -0.05) is 24.1 Å². The van der Waals surface area contributed by atoms with E-state index in [-0.39, 0.29) is 11.8 Å². The summed E-state index contributed by atoms with van der Waals surface area (Å²) in [5.41, 5.74) is 3.31. The van der Waals surface area contributed by atoms with Crippen LogP contribution in [0.15, 0.2) is 47.1 Å². The number of hydrogen-bond acceptors (Lipinski definition) is 4. The van der Waals surface area contributed by atoms with Gasteiger partial charge in [0.15, 0.2) is 0 Å². The molecule has 0 bridgehead atoms. The molecule has 0 spiro atoms. The van der Waals surface area contributed by atoms with E-state index in [4.69, 9.17) is 4.42 Å². The summed E-state index contributed by atoms with van der Waals surface area (Å²) in [7, 11) is 0. The fourth-order valence-corrected chi connectivity index (χ4v) is 4.98. The maximum atomic E-state index is 13.1. The van der Waals surface area contributed by atoms with E-state index in [9.17, 15) is 9.59 Å². The number of carbonyl (C=O) groups excluding carboxylic acids is 2. The molecule has 0 saturated carbocycles. The van der Waals surface area contributed by atoms with Crippen LogP contribution in [0.5, 0.6) is 0 Å². The first-order valence-electron chi connectivity index (χ1n) is 9.95. The van der Waals surface area contributed by atoms with Gasteiger partial charge in [-0.05, 0) is 62.4 Å². The minimum Gasteiger partial charge on any atom is -0.467 e. The predicted molar refractivity (Wildman–Crippen MR) is 115 cm³/mol. The number of fused-ring (bicyclic) bond motifs is 1. The fourth-order valence-electron chi connectivity index (χ4n) is 3.70. The van der Waals surface area contributed by atoms with E-state index in [1.165, 1.54) is 22.6 Å². The number of furan rings is 1. The summed E-state index contributed by atoms with van der Waals surface area (Å²) in [6.07, 6.45) is 6.76. The summed E-state index contributed by atoms with van der Waals surface area (Å²) in [5.74, 6) is 0.343. The molecule has 3 aromatic rings. The van der Waals surface area contributed by atoms with E-state index >= 15 is 0 Å². The minimum absolute atomic E-state index is 0.166. The Morgan fingerprint density at radius 3 is 2.72 bits per heavy atom. The smallest absolute Gasteiger partial charge is 0.256 e. The summed E-state index contributed by atoms with van der Waals surface area (Å²) >= 11 is 1.54. The molecule has 2 amide bonds. The number of benzene rings is 1. The molecule has 5 nitrogen and oxygen atoms in total. The molecule has 0 radical (unpaired) electrons. The number of thiophene rings is 1. The van der Waals surface area contributed by atoms with Gasteiger partial charge in [0.1, 0.15) is 10.8 Å². The third kappa shape index (κ3) is 4.43. The Hall–Kier alpha value is -2.86. The number of nitrogens with one attached hydrogen (secondary N) is 2. The van der Waals surface area contributed by atoms with Crippen LogP contribution < -0.4 is 10.6 Å². The van der Waals surface area contributed by atoms with Crippen LogP contribution in [-0.2, 0) is 19.4 Å². The number of carbonyl (C=O) groups is 2. The highest BCUT2D eigenvalue weighted by Crippen LogP contribution is 2.37. The topological polar surface area (TPSA) is 71.3 Å². The second-order valence-corrected chi connectivity index (χ2v) is 8.46. The summed E-state index contributed by atoms with van der Waals surface area (Å²) in [5, 5.41) is 6.58. The lowest BCUT2D eigenvalue weighted by atomic mass is 10.0. The Bertz CT molecular complexity index is 1020. The van der Waals surface area contributed by atoms with Crippen molar-refractivity contribution < 1.29 is 14.0 Å². The van der Waals surface area contributed by atoms with Gasteiger partial charge in [-0.3, -0.25) is 9.59 Å². The number of amides is 2. The van der Waals surface area contributed by atoms with Crippen molar-refractivity contribution in [1.82, 2.24) is 5.32 Å². The molecular formula is C23H24N2O3S. The van der Waals surface area contributed by atoms with E-state index in [0.717, 1.165) is 36.8 Å². The normalized spacial score (nSPS) is 13.4. The average Bonchev–Trinajstić information content (AvgIpc) is 3.28. The van der Waals surface area contributed by atoms with Crippen molar-refractivity contribution in [3.8, 4) is 0 Å². The summed E-state index contributed by atoms with van der Waals surface area (Å²) in [6, 6.07) is 11.1. The van der Waals surface area contributed by atoms with Crippen molar-refractivity contribution in [2.24, 2.45) is 0 Å². The monoisotopic (exact) mass is 408 g/mol. The first-order chi connectivity index (χ1) is 14.1. The van der Waals surface area contributed by atoms with Crippen molar-refractivity contribution in [2.45, 2.75) is 45.6 Å². The fraction of sp³-hybridized carbons (Fsp3) is 0.304. The molecule has 2 aromatic heterocycles. The molecule has 1 aliphatic rings. The molecule has 0 atom stereocenters. The highest BCUT2D eigenvalue weighted by Gasteiger charge is 2.26. The molecular weight excluding hydrogens is 384 g/mol. The molecule has 1 aliphatic carbocycles. The molecule has 4 rings (SSSR count). The average molecular weight is 409 g/mol. The van der Waals surface area contributed by atoms with Crippen LogP contribution in [-0.4, -0.2) is 11.8 Å². The van der Waals surface area contributed by atoms with Gasteiger partial charge in [0, 0.05) is 10.4 Å². The van der Waals surface area contributed by atoms with E-state index in [1.807, 2.05) is 31.2 Å². The van der Waals surface area contributed by atoms with Gasteiger partial charge >= 0.3 is 0 Å². The lowest BCUT2D eigenvalue weighted by Crippen LogP contribution is -2.25. The first kappa shape index (κ1) is 19.5. The van der Waals surface area contributed by atoms with Gasteiger partial charge in [0.05, 0.1) is 18.4 Å². The largest absolute Gasteiger partial charge is 0.467 e. The number of hydrogen-bond donors (Lipinski definition) is 2. The van der Waals surface area contributed by atoms with Crippen molar-refractivity contribution in [1.29, 1.82) is 0 Å². The van der Waals surface area contributed by atoms with E-state index in [0.29, 0.717) is 28.4 Å². The van der Waals surface area contributed by atoms with Crippen molar-refractivity contribution in [3.63, 3.8) is 0 Å². The second kappa shape index (κ2) is 8.66. The zero-order valence-corrected chi connectivity index (χ0v) is 17.2. The number of rotatable bonds is 5. The van der Waals surface area contributed by atoms with Crippen molar-refractivity contribution >= 4 is 28.2 Å². The van der Waals surface area contributed by atoms with Crippen LogP contribution in [0.25, 0.3) is 0 Å². The quantitative estimate of drug-likeness (QED) is 0.577. The van der Waals surface area contributed by atoms with Gasteiger partial charge < -0.3 is 15.1 Å². The Balaban J connectivity index is 1.62. The summed E-state index contributed by atoms with van der Waals surface area (Å²) in [6.45, 7) is 2.28. The van der Waals surface area contributed by atoms with Crippen molar-refractivity contribution in [2.75, 3.05) is 5.32 Å². The molecule has 0 fully saturated rings. The third-order valence-electron chi connectivity index (χ3n) is 5.16. The zero-order valence-electron chi connectivity index (χ0n) is 16.4. The third-order valence-corrected chi connectivity index (χ3v) is 6.37. The maximum Gasteiger partial charge on any atom is 0.256 e. The Labute approximate surface area is 174 Å². The minimum atomic E-state index is -0.190. The lowest BCUT2D eigenvalue weighted by Gasteiger charge is -2.10. The Morgan fingerprint density at radius 2 is 1.93 bits per heavy atom. The molecule has 2 N–H and O–H groups in total. The molecule has 0 aliphatic heterocycles. The molecule has 2 heterocycles. The summed E-state index contributed by atoms with van der Waals surface area (Å²) in [4.78, 5) is 27.1. The van der Waals surface area contributed by atoms with Gasteiger partial charge in [0.25, 0.3) is 11.8 Å².